The zero-order valence-electron chi connectivity index (χ0n) is 15.7. The van der Waals surface area contributed by atoms with E-state index in [4.69, 9.17) is 5.73 Å². The van der Waals surface area contributed by atoms with Gasteiger partial charge >= 0.3 is 6.03 Å². The van der Waals surface area contributed by atoms with Crippen LogP contribution in [-0.4, -0.2) is 35.4 Å². The Hall–Kier alpha value is -1.60. The quantitative estimate of drug-likeness (QED) is 0.527. The fourth-order valence-corrected chi connectivity index (χ4v) is 4.48. The van der Waals surface area contributed by atoms with Crippen molar-refractivity contribution in [3.8, 4) is 0 Å². The topological polar surface area (TPSA) is 112 Å². The van der Waals surface area contributed by atoms with E-state index in [1.165, 1.54) is 44.9 Å². The van der Waals surface area contributed by atoms with E-state index in [1.54, 1.807) is 6.08 Å². The summed E-state index contributed by atoms with van der Waals surface area (Å²) < 4.78 is 0. The first kappa shape index (κ1) is 19.2. The molecule has 0 radical (unpaired) electrons. The van der Waals surface area contributed by atoms with Gasteiger partial charge in [0, 0.05) is 17.8 Å². The first-order chi connectivity index (χ1) is 12.5. The molecule has 1 heterocycles. The molecule has 0 aromatic rings. The second kappa shape index (κ2) is 8.86. The monoisotopic (exact) mass is 363 g/mol. The molecule has 2 saturated carbocycles. The maximum absolute atomic E-state index is 12.2. The molecule has 1 atom stereocenters. The summed E-state index contributed by atoms with van der Waals surface area (Å²) in [6.07, 6.45) is 11.4. The number of carbonyl (C=O) groups excluding carboxylic acids is 1. The SMILES string of the molecule is CC1=CC(O)N=C(NC(=O)NC2CCC(CC3CCC(N)CC3)CC2)N1. The molecular formula is C19H33N5O2. The van der Waals surface area contributed by atoms with Crippen LogP contribution in [-0.2, 0) is 0 Å². The first-order valence-corrected chi connectivity index (χ1v) is 10.0. The molecule has 2 aliphatic carbocycles. The lowest BCUT2D eigenvalue weighted by atomic mass is 9.76. The number of nitrogens with one attached hydrogen (secondary N) is 3. The number of urea groups is 1. The van der Waals surface area contributed by atoms with Crippen molar-refractivity contribution in [2.45, 2.75) is 83.0 Å². The fourth-order valence-electron chi connectivity index (χ4n) is 4.48. The van der Waals surface area contributed by atoms with Crippen molar-refractivity contribution in [2.75, 3.05) is 0 Å². The van der Waals surface area contributed by atoms with Crippen LogP contribution in [0.2, 0.25) is 0 Å². The summed E-state index contributed by atoms with van der Waals surface area (Å²) in [6, 6.07) is 0.382. The number of nitrogens with zero attached hydrogens (tertiary/aromatic N) is 1. The minimum absolute atomic E-state index is 0.219. The average molecular weight is 364 g/mol. The highest BCUT2D eigenvalue weighted by molar-refractivity contribution is 5.97. The summed E-state index contributed by atoms with van der Waals surface area (Å²) in [7, 11) is 0. The van der Waals surface area contributed by atoms with E-state index in [0.29, 0.717) is 12.0 Å². The number of amides is 2. The van der Waals surface area contributed by atoms with Gasteiger partial charge in [-0.1, -0.05) is 0 Å². The molecule has 7 heteroatoms. The van der Waals surface area contributed by atoms with Crippen molar-refractivity contribution in [3.05, 3.63) is 11.8 Å². The number of rotatable bonds is 3. The van der Waals surface area contributed by atoms with Crippen LogP contribution < -0.4 is 21.7 Å². The number of carbonyl (C=O) groups is 1. The van der Waals surface area contributed by atoms with Crippen LogP contribution in [0.15, 0.2) is 16.8 Å². The maximum Gasteiger partial charge on any atom is 0.321 e. The average Bonchev–Trinajstić information content (AvgIpc) is 2.57. The highest BCUT2D eigenvalue weighted by Gasteiger charge is 2.27. The molecule has 0 bridgehead atoms. The van der Waals surface area contributed by atoms with E-state index in [-0.39, 0.29) is 12.1 Å². The number of nitrogens with two attached hydrogens (primary N) is 1. The molecule has 6 N–H and O–H groups in total. The third-order valence-electron chi connectivity index (χ3n) is 5.95. The van der Waals surface area contributed by atoms with Gasteiger partial charge in [0.25, 0.3) is 0 Å². The van der Waals surface area contributed by atoms with E-state index in [2.05, 4.69) is 20.9 Å². The zero-order valence-corrected chi connectivity index (χ0v) is 15.7. The van der Waals surface area contributed by atoms with Crippen LogP contribution >= 0.6 is 0 Å². The standard InChI is InChI=1S/C19H33N5O2/c1-12-10-17(25)23-18(21-12)24-19(26)22-16-8-4-14(5-9-16)11-13-2-6-15(20)7-3-13/h10,13-17,25H,2-9,11,20H2,1H3,(H3,21,22,23,24,26). The van der Waals surface area contributed by atoms with Gasteiger partial charge < -0.3 is 21.5 Å². The number of hydrogen-bond donors (Lipinski definition) is 5. The lowest BCUT2D eigenvalue weighted by Crippen LogP contribution is -2.50. The molecule has 3 rings (SSSR count). The highest BCUT2D eigenvalue weighted by atomic mass is 16.3. The van der Waals surface area contributed by atoms with Crippen LogP contribution in [0.4, 0.5) is 4.79 Å². The molecule has 7 nitrogen and oxygen atoms in total. The van der Waals surface area contributed by atoms with E-state index in [0.717, 1.165) is 30.4 Å². The summed E-state index contributed by atoms with van der Waals surface area (Å²) in [6.45, 7) is 1.82. The summed E-state index contributed by atoms with van der Waals surface area (Å²) in [5, 5.41) is 18.2. The molecule has 1 aliphatic heterocycles. The van der Waals surface area contributed by atoms with Gasteiger partial charge in [0.05, 0.1) is 0 Å². The smallest absolute Gasteiger partial charge is 0.321 e. The lowest BCUT2D eigenvalue weighted by molar-refractivity contribution is 0.208. The van der Waals surface area contributed by atoms with Crippen LogP contribution in [0, 0.1) is 11.8 Å². The Balaban J connectivity index is 1.35. The van der Waals surface area contributed by atoms with E-state index < -0.39 is 6.23 Å². The first-order valence-electron chi connectivity index (χ1n) is 10.0. The van der Waals surface area contributed by atoms with Crippen LogP contribution in [0.5, 0.6) is 0 Å². The predicted octanol–water partition coefficient (Wildman–Crippen LogP) is 1.93. The molecule has 2 amide bonds. The summed E-state index contributed by atoms with van der Waals surface area (Å²) in [4.78, 5) is 16.1. The van der Waals surface area contributed by atoms with Crippen LogP contribution in [0.3, 0.4) is 0 Å². The van der Waals surface area contributed by atoms with Gasteiger partial charge in [0.15, 0.2) is 6.23 Å². The zero-order chi connectivity index (χ0) is 18.5. The fraction of sp³-hybridized carbons (Fsp3) is 0.789. The molecule has 1 unspecified atom stereocenters. The van der Waals surface area contributed by atoms with Crippen molar-refractivity contribution in [2.24, 2.45) is 22.6 Å². The van der Waals surface area contributed by atoms with Gasteiger partial charge in [-0.2, -0.15) is 0 Å². The number of aliphatic hydroxyl groups is 1. The van der Waals surface area contributed by atoms with Gasteiger partial charge in [0.1, 0.15) is 0 Å². The van der Waals surface area contributed by atoms with E-state index >= 15 is 0 Å². The molecule has 146 valence electrons. The minimum Gasteiger partial charge on any atom is -0.368 e. The number of hydrogen-bond acceptors (Lipinski definition) is 5. The van der Waals surface area contributed by atoms with Crippen molar-refractivity contribution in [1.29, 1.82) is 0 Å². The van der Waals surface area contributed by atoms with Gasteiger partial charge in [0.2, 0.25) is 5.96 Å². The van der Waals surface area contributed by atoms with Gasteiger partial charge in [-0.25, -0.2) is 9.79 Å². The largest absolute Gasteiger partial charge is 0.368 e. The summed E-state index contributed by atoms with van der Waals surface area (Å²) in [5.74, 6) is 1.94. The Bertz CT molecular complexity index is 546. The molecule has 26 heavy (non-hydrogen) atoms. The third-order valence-corrected chi connectivity index (χ3v) is 5.95. The maximum atomic E-state index is 12.2. The second-order valence-electron chi connectivity index (χ2n) is 8.20. The van der Waals surface area contributed by atoms with Crippen LogP contribution in [0.1, 0.15) is 64.7 Å². The van der Waals surface area contributed by atoms with Gasteiger partial charge in [-0.05, 0) is 82.6 Å². The Morgan fingerprint density at radius 2 is 1.81 bits per heavy atom. The third kappa shape index (κ3) is 5.71. The van der Waals surface area contributed by atoms with E-state index in [9.17, 15) is 9.90 Å². The highest BCUT2D eigenvalue weighted by Crippen LogP contribution is 2.35. The Labute approximate surface area is 155 Å². The van der Waals surface area contributed by atoms with Gasteiger partial charge in [-0.3, -0.25) is 5.32 Å². The van der Waals surface area contributed by atoms with Gasteiger partial charge in [-0.15, -0.1) is 0 Å². The number of aliphatic hydroxyl groups excluding tert-OH is 1. The number of allylic oxidation sites excluding steroid dienone is 1. The Morgan fingerprint density at radius 3 is 2.42 bits per heavy atom. The van der Waals surface area contributed by atoms with Crippen molar-refractivity contribution in [1.82, 2.24) is 16.0 Å². The van der Waals surface area contributed by atoms with Crippen LogP contribution in [0.25, 0.3) is 0 Å². The molecular weight excluding hydrogens is 330 g/mol. The van der Waals surface area contributed by atoms with Crippen molar-refractivity contribution in [3.63, 3.8) is 0 Å². The molecule has 0 aromatic carbocycles. The lowest BCUT2D eigenvalue weighted by Gasteiger charge is -2.33. The molecule has 2 fully saturated rings. The molecule has 0 saturated heterocycles. The predicted molar refractivity (Wildman–Crippen MR) is 102 cm³/mol. The Kier molecular flexibility index (Phi) is 6.53. The van der Waals surface area contributed by atoms with E-state index in [1.807, 2.05) is 6.92 Å². The molecule has 3 aliphatic rings. The van der Waals surface area contributed by atoms with Crippen molar-refractivity contribution < 1.29 is 9.90 Å². The summed E-state index contributed by atoms with van der Waals surface area (Å²) >= 11 is 0. The summed E-state index contributed by atoms with van der Waals surface area (Å²) in [5.41, 5.74) is 6.77. The molecule has 0 aromatic heterocycles. The normalized spacial score (nSPS) is 35.0. The second-order valence-corrected chi connectivity index (χ2v) is 8.20. The molecule has 0 spiro atoms. The number of aliphatic imine (C=N–C) groups is 1. The number of guanidine groups is 1. The minimum atomic E-state index is -0.906. The van der Waals surface area contributed by atoms with Crippen molar-refractivity contribution >= 4 is 12.0 Å². The Morgan fingerprint density at radius 1 is 1.19 bits per heavy atom.